The maximum absolute atomic E-state index is 13.3. The lowest BCUT2D eigenvalue weighted by molar-refractivity contribution is -0.139. The number of ketones is 1. The number of hydrogen-bond donors (Lipinski definition) is 1. The summed E-state index contributed by atoms with van der Waals surface area (Å²) >= 11 is 0. The van der Waals surface area contributed by atoms with Gasteiger partial charge in [-0.05, 0) is 61.7 Å². The van der Waals surface area contributed by atoms with Crippen molar-refractivity contribution < 1.29 is 28.6 Å². The van der Waals surface area contributed by atoms with E-state index in [4.69, 9.17) is 9.47 Å². The molecule has 186 valence electrons. The maximum Gasteiger partial charge on any atom is 0.295 e. The molecule has 1 atom stereocenters. The van der Waals surface area contributed by atoms with Crippen LogP contribution in [0.1, 0.15) is 36.6 Å². The molecule has 8 heteroatoms. The van der Waals surface area contributed by atoms with Gasteiger partial charge in [0, 0.05) is 25.0 Å². The van der Waals surface area contributed by atoms with Crippen molar-refractivity contribution >= 4 is 17.4 Å². The van der Waals surface area contributed by atoms with Gasteiger partial charge < -0.3 is 19.5 Å². The molecule has 0 spiro atoms. The SMILES string of the molecule is CCOc1ccc(/C(O)=C2/C(=O)C(=O)N(CCc3ccc(F)cc3)C2c2cccnc2)c(OCC)c1. The van der Waals surface area contributed by atoms with E-state index in [0.29, 0.717) is 36.7 Å². The molecule has 1 amide bonds. The normalized spacial score (nSPS) is 16.9. The second kappa shape index (κ2) is 11.0. The number of aliphatic hydroxyl groups is 1. The van der Waals surface area contributed by atoms with Crippen molar-refractivity contribution in [2.24, 2.45) is 0 Å². The molecule has 1 N–H and O–H groups in total. The van der Waals surface area contributed by atoms with E-state index in [2.05, 4.69) is 4.98 Å². The summed E-state index contributed by atoms with van der Waals surface area (Å²) in [5.41, 5.74) is 1.64. The van der Waals surface area contributed by atoms with Crippen molar-refractivity contribution in [3.63, 3.8) is 0 Å². The molecule has 2 aromatic carbocycles. The van der Waals surface area contributed by atoms with E-state index >= 15 is 0 Å². The summed E-state index contributed by atoms with van der Waals surface area (Å²) in [5, 5.41) is 11.4. The van der Waals surface area contributed by atoms with Crippen LogP contribution < -0.4 is 9.47 Å². The van der Waals surface area contributed by atoms with Crippen LogP contribution in [-0.2, 0) is 16.0 Å². The molecule has 1 saturated heterocycles. The van der Waals surface area contributed by atoms with Crippen LogP contribution in [0.15, 0.2) is 72.6 Å². The van der Waals surface area contributed by atoms with Crippen LogP contribution in [0.4, 0.5) is 4.39 Å². The first-order valence-electron chi connectivity index (χ1n) is 11.8. The highest BCUT2D eigenvalue weighted by Gasteiger charge is 2.46. The molecule has 7 nitrogen and oxygen atoms in total. The van der Waals surface area contributed by atoms with Crippen molar-refractivity contribution in [3.05, 3.63) is 95.1 Å². The number of carbonyl (C=O) groups is 2. The van der Waals surface area contributed by atoms with Gasteiger partial charge in [0.25, 0.3) is 11.7 Å². The van der Waals surface area contributed by atoms with Gasteiger partial charge in [-0.15, -0.1) is 0 Å². The molecule has 1 unspecified atom stereocenters. The molecule has 0 aliphatic carbocycles. The molecule has 1 aliphatic rings. The van der Waals surface area contributed by atoms with Crippen molar-refractivity contribution in [1.82, 2.24) is 9.88 Å². The number of aromatic nitrogens is 1. The predicted molar refractivity (Wildman–Crippen MR) is 132 cm³/mol. The highest BCUT2D eigenvalue weighted by molar-refractivity contribution is 6.46. The fraction of sp³-hybridized carbons (Fsp3) is 0.250. The van der Waals surface area contributed by atoms with E-state index in [-0.39, 0.29) is 29.3 Å². The van der Waals surface area contributed by atoms with E-state index in [1.165, 1.54) is 17.0 Å². The highest BCUT2D eigenvalue weighted by atomic mass is 19.1. The second-order valence-corrected chi connectivity index (χ2v) is 8.18. The molecule has 0 radical (unpaired) electrons. The molecule has 0 saturated carbocycles. The van der Waals surface area contributed by atoms with E-state index in [9.17, 15) is 19.1 Å². The quantitative estimate of drug-likeness (QED) is 0.266. The van der Waals surface area contributed by atoms with Crippen molar-refractivity contribution in [1.29, 1.82) is 0 Å². The van der Waals surface area contributed by atoms with E-state index in [0.717, 1.165) is 5.56 Å². The Labute approximate surface area is 208 Å². The van der Waals surface area contributed by atoms with Crippen molar-refractivity contribution in [2.45, 2.75) is 26.3 Å². The average molecular weight is 491 g/mol. The predicted octanol–water partition coefficient (Wildman–Crippen LogP) is 4.68. The molecule has 0 bridgehead atoms. The van der Waals surface area contributed by atoms with Gasteiger partial charge in [-0.3, -0.25) is 14.6 Å². The Hall–Kier alpha value is -4.20. The Morgan fingerprint density at radius 1 is 1.06 bits per heavy atom. The summed E-state index contributed by atoms with van der Waals surface area (Å²) in [5.74, 6) is -1.31. The molecule has 1 aliphatic heterocycles. The van der Waals surface area contributed by atoms with Gasteiger partial charge in [0.05, 0.1) is 30.4 Å². The molecular weight excluding hydrogens is 463 g/mol. The van der Waals surface area contributed by atoms with Crippen LogP contribution in [0.25, 0.3) is 5.76 Å². The van der Waals surface area contributed by atoms with Gasteiger partial charge >= 0.3 is 0 Å². The minimum atomic E-state index is -0.847. The number of amides is 1. The van der Waals surface area contributed by atoms with Gasteiger partial charge in [-0.1, -0.05) is 18.2 Å². The molecule has 1 fully saturated rings. The first-order chi connectivity index (χ1) is 17.4. The van der Waals surface area contributed by atoms with Gasteiger partial charge in [0.15, 0.2) is 0 Å². The van der Waals surface area contributed by atoms with Crippen LogP contribution >= 0.6 is 0 Å². The monoisotopic (exact) mass is 490 g/mol. The Kier molecular flexibility index (Phi) is 7.63. The third-order valence-electron chi connectivity index (χ3n) is 5.91. The molecule has 3 aromatic rings. The third kappa shape index (κ3) is 5.07. The zero-order chi connectivity index (χ0) is 25.7. The summed E-state index contributed by atoms with van der Waals surface area (Å²) in [6.07, 6.45) is 3.56. The fourth-order valence-electron chi connectivity index (χ4n) is 4.27. The van der Waals surface area contributed by atoms with Gasteiger partial charge in [0.2, 0.25) is 0 Å². The van der Waals surface area contributed by atoms with Gasteiger partial charge in [-0.2, -0.15) is 0 Å². The zero-order valence-corrected chi connectivity index (χ0v) is 20.1. The van der Waals surface area contributed by atoms with Gasteiger partial charge in [-0.25, -0.2) is 4.39 Å². The molecule has 1 aromatic heterocycles. The molecule has 2 heterocycles. The summed E-state index contributed by atoms with van der Waals surface area (Å²) in [4.78, 5) is 32.0. The molecule has 36 heavy (non-hydrogen) atoms. The topological polar surface area (TPSA) is 89.0 Å². The van der Waals surface area contributed by atoms with Crippen molar-refractivity contribution in [2.75, 3.05) is 19.8 Å². The van der Waals surface area contributed by atoms with E-state index in [1.807, 2.05) is 6.92 Å². The Balaban J connectivity index is 1.78. The van der Waals surface area contributed by atoms with Crippen LogP contribution in [0.2, 0.25) is 0 Å². The maximum atomic E-state index is 13.3. The average Bonchev–Trinajstić information content (AvgIpc) is 3.14. The first-order valence-corrected chi connectivity index (χ1v) is 11.8. The number of Topliss-reactive ketones (excluding diaryl/α,β-unsaturated/α-hetero) is 1. The third-order valence-corrected chi connectivity index (χ3v) is 5.91. The number of benzene rings is 2. The number of likely N-dealkylation sites (tertiary alicyclic amines) is 1. The Morgan fingerprint density at radius 3 is 2.47 bits per heavy atom. The standard InChI is InChI=1S/C28H27FN2O5/c1-3-35-21-11-12-22(23(16-21)36-4-2)26(32)24-25(19-6-5-14-30-17-19)31(28(34)27(24)33)15-13-18-7-9-20(29)10-8-18/h5-12,14,16-17,25,32H,3-4,13,15H2,1-2H3/b26-24-. The van der Waals surface area contributed by atoms with Crippen LogP contribution in [0.5, 0.6) is 11.5 Å². The number of halogens is 1. The minimum Gasteiger partial charge on any atom is -0.507 e. The van der Waals surface area contributed by atoms with Crippen LogP contribution in [-0.4, -0.2) is 46.4 Å². The molecule has 4 rings (SSSR count). The largest absolute Gasteiger partial charge is 0.507 e. The van der Waals surface area contributed by atoms with E-state index in [1.54, 1.807) is 61.8 Å². The number of hydrogen-bond acceptors (Lipinski definition) is 6. The number of nitrogens with zero attached hydrogens (tertiary/aromatic N) is 2. The summed E-state index contributed by atoms with van der Waals surface area (Å²) in [6, 6.07) is 13.5. The van der Waals surface area contributed by atoms with Crippen LogP contribution in [0, 0.1) is 5.82 Å². The van der Waals surface area contributed by atoms with Crippen molar-refractivity contribution in [3.8, 4) is 11.5 Å². The fourth-order valence-corrected chi connectivity index (χ4v) is 4.27. The lowest BCUT2D eigenvalue weighted by Crippen LogP contribution is -2.31. The summed E-state index contributed by atoms with van der Waals surface area (Å²) < 4.78 is 24.6. The lowest BCUT2D eigenvalue weighted by atomic mass is 9.95. The van der Waals surface area contributed by atoms with Gasteiger partial charge in [0.1, 0.15) is 23.1 Å². The molecular formula is C28H27FN2O5. The second-order valence-electron chi connectivity index (χ2n) is 8.18. The number of aliphatic hydroxyl groups excluding tert-OH is 1. The zero-order valence-electron chi connectivity index (χ0n) is 20.1. The number of pyridine rings is 1. The summed E-state index contributed by atoms with van der Waals surface area (Å²) in [7, 11) is 0. The smallest absolute Gasteiger partial charge is 0.295 e. The minimum absolute atomic E-state index is 0.0442. The van der Waals surface area contributed by atoms with E-state index < -0.39 is 17.7 Å². The number of ether oxygens (including phenoxy) is 2. The van der Waals surface area contributed by atoms with Crippen LogP contribution in [0.3, 0.4) is 0 Å². The Bertz CT molecular complexity index is 1270. The number of rotatable bonds is 9. The number of carbonyl (C=O) groups excluding carboxylic acids is 2. The lowest BCUT2D eigenvalue weighted by Gasteiger charge is -2.25. The Morgan fingerprint density at radius 2 is 1.81 bits per heavy atom. The summed E-state index contributed by atoms with van der Waals surface area (Å²) in [6.45, 7) is 4.63. The first kappa shape index (κ1) is 24.9. The highest BCUT2D eigenvalue weighted by Crippen LogP contribution is 2.41.